The van der Waals surface area contributed by atoms with Gasteiger partial charge in [-0.2, -0.15) is 5.10 Å². The summed E-state index contributed by atoms with van der Waals surface area (Å²) < 4.78 is 16.3. The fraction of sp³-hybridized carbons (Fsp3) is 0.130. The predicted octanol–water partition coefficient (Wildman–Crippen LogP) is 4.70. The molecule has 6 nitrogen and oxygen atoms in total. The molecule has 0 atom stereocenters. The van der Waals surface area contributed by atoms with Crippen molar-refractivity contribution >= 4 is 23.7 Å². The fourth-order valence-electron chi connectivity index (χ4n) is 2.69. The van der Waals surface area contributed by atoms with E-state index >= 15 is 0 Å². The molecule has 3 aromatic carbocycles. The summed E-state index contributed by atoms with van der Waals surface area (Å²) in [6.45, 7) is 0.412. The number of hydrazone groups is 1. The van der Waals surface area contributed by atoms with Gasteiger partial charge in [-0.15, -0.1) is 0 Å². The van der Waals surface area contributed by atoms with Crippen LogP contribution in [0.1, 0.15) is 21.5 Å². The highest BCUT2D eigenvalue weighted by Gasteiger charge is 2.08. The lowest BCUT2D eigenvalue weighted by molar-refractivity contribution is 0.0955. The maximum atomic E-state index is 12.3. The number of methoxy groups -OCH3 is 2. The van der Waals surface area contributed by atoms with Gasteiger partial charge in [0.25, 0.3) is 5.91 Å². The number of nitrogens with zero attached hydrogens (tertiary/aromatic N) is 1. The number of para-hydroxylation sites is 1. The average Bonchev–Trinajstić information content (AvgIpc) is 2.78. The van der Waals surface area contributed by atoms with Crippen molar-refractivity contribution in [2.45, 2.75) is 6.61 Å². The fourth-order valence-corrected chi connectivity index (χ4v) is 2.81. The Balaban J connectivity index is 1.57. The summed E-state index contributed by atoms with van der Waals surface area (Å²) >= 11 is 5.88. The number of ether oxygens (including phenoxy) is 3. The zero-order valence-corrected chi connectivity index (χ0v) is 17.3. The average molecular weight is 425 g/mol. The number of carbonyl (C=O) groups is 1. The Morgan fingerprint density at radius 3 is 2.40 bits per heavy atom. The second kappa shape index (κ2) is 10.3. The second-order valence-corrected chi connectivity index (χ2v) is 6.66. The van der Waals surface area contributed by atoms with Gasteiger partial charge in [-0.1, -0.05) is 29.8 Å². The summed E-state index contributed by atoms with van der Waals surface area (Å²) in [6, 6.07) is 19.7. The van der Waals surface area contributed by atoms with E-state index in [1.54, 1.807) is 44.6 Å². The largest absolute Gasteiger partial charge is 0.493 e. The molecule has 0 heterocycles. The van der Waals surface area contributed by atoms with Crippen molar-refractivity contribution in [2.75, 3.05) is 14.2 Å². The Bertz CT molecular complexity index is 1020. The van der Waals surface area contributed by atoms with Crippen LogP contribution in [0.2, 0.25) is 5.02 Å². The lowest BCUT2D eigenvalue weighted by Crippen LogP contribution is -2.17. The smallest absolute Gasteiger partial charge is 0.271 e. The molecule has 0 saturated heterocycles. The van der Waals surface area contributed by atoms with Gasteiger partial charge in [0, 0.05) is 16.1 Å². The van der Waals surface area contributed by atoms with E-state index in [-0.39, 0.29) is 5.91 Å². The van der Waals surface area contributed by atoms with Crippen molar-refractivity contribution in [2.24, 2.45) is 5.10 Å². The quantitative estimate of drug-likeness (QED) is 0.420. The number of benzene rings is 3. The Hall–Kier alpha value is -3.51. The molecule has 154 valence electrons. The Morgan fingerprint density at radius 2 is 1.73 bits per heavy atom. The maximum absolute atomic E-state index is 12.3. The van der Waals surface area contributed by atoms with Crippen LogP contribution < -0.4 is 19.6 Å². The lowest BCUT2D eigenvalue weighted by Gasteiger charge is -2.09. The number of amides is 1. The van der Waals surface area contributed by atoms with Crippen molar-refractivity contribution < 1.29 is 19.0 Å². The van der Waals surface area contributed by atoms with Crippen LogP contribution in [-0.4, -0.2) is 26.3 Å². The minimum absolute atomic E-state index is 0.336. The highest BCUT2D eigenvalue weighted by molar-refractivity contribution is 6.30. The van der Waals surface area contributed by atoms with E-state index in [1.165, 1.54) is 6.21 Å². The zero-order valence-electron chi connectivity index (χ0n) is 16.6. The lowest BCUT2D eigenvalue weighted by atomic mass is 10.2. The molecule has 0 spiro atoms. The van der Waals surface area contributed by atoms with Crippen LogP contribution in [0.5, 0.6) is 17.2 Å². The SMILES string of the molecule is COc1cccc(/C=N/NC(=O)c2ccc(OCc3ccc(Cl)cc3)cc2)c1OC. The second-order valence-electron chi connectivity index (χ2n) is 6.22. The van der Waals surface area contributed by atoms with E-state index in [0.717, 1.165) is 5.56 Å². The van der Waals surface area contributed by atoms with Crippen LogP contribution in [-0.2, 0) is 6.61 Å². The van der Waals surface area contributed by atoms with Crippen molar-refractivity contribution in [3.8, 4) is 17.2 Å². The third-order valence-electron chi connectivity index (χ3n) is 4.24. The highest BCUT2D eigenvalue weighted by atomic mass is 35.5. The molecule has 7 heteroatoms. The third-order valence-corrected chi connectivity index (χ3v) is 4.49. The van der Waals surface area contributed by atoms with Crippen molar-refractivity contribution in [1.82, 2.24) is 5.43 Å². The number of hydrogen-bond donors (Lipinski definition) is 1. The van der Waals surface area contributed by atoms with E-state index < -0.39 is 0 Å². The molecule has 1 amide bonds. The molecule has 0 aliphatic heterocycles. The summed E-state index contributed by atoms with van der Waals surface area (Å²) in [4.78, 5) is 12.3. The van der Waals surface area contributed by atoms with Gasteiger partial charge >= 0.3 is 0 Å². The summed E-state index contributed by atoms with van der Waals surface area (Å²) in [5.41, 5.74) is 4.65. The van der Waals surface area contributed by atoms with Crippen molar-refractivity contribution in [3.63, 3.8) is 0 Å². The molecule has 30 heavy (non-hydrogen) atoms. The Morgan fingerprint density at radius 1 is 1.00 bits per heavy atom. The maximum Gasteiger partial charge on any atom is 0.271 e. The van der Waals surface area contributed by atoms with Crippen LogP contribution in [0, 0.1) is 0 Å². The molecule has 0 aromatic heterocycles. The van der Waals surface area contributed by atoms with E-state index in [1.807, 2.05) is 36.4 Å². The molecule has 0 saturated carbocycles. The highest BCUT2D eigenvalue weighted by Crippen LogP contribution is 2.29. The molecular weight excluding hydrogens is 404 g/mol. The minimum atomic E-state index is -0.336. The van der Waals surface area contributed by atoms with Crippen molar-refractivity contribution in [3.05, 3.63) is 88.4 Å². The van der Waals surface area contributed by atoms with Gasteiger partial charge in [0.15, 0.2) is 11.5 Å². The van der Waals surface area contributed by atoms with Gasteiger partial charge in [0.2, 0.25) is 0 Å². The molecular formula is C23H21ClN2O4. The first-order chi connectivity index (χ1) is 14.6. The van der Waals surface area contributed by atoms with Crippen LogP contribution in [0.3, 0.4) is 0 Å². The predicted molar refractivity (Wildman–Crippen MR) is 117 cm³/mol. The number of rotatable bonds is 8. The number of nitrogens with one attached hydrogen (secondary N) is 1. The van der Waals surface area contributed by atoms with Gasteiger partial charge in [-0.25, -0.2) is 5.43 Å². The zero-order chi connectivity index (χ0) is 21.3. The molecule has 3 aromatic rings. The normalized spacial score (nSPS) is 10.6. The number of carbonyl (C=O) groups excluding carboxylic acids is 1. The van der Waals surface area contributed by atoms with Gasteiger partial charge < -0.3 is 14.2 Å². The Kier molecular flexibility index (Phi) is 7.29. The topological polar surface area (TPSA) is 69.2 Å². The van der Waals surface area contributed by atoms with Crippen LogP contribution in [0.15, 0.2) is 71.8 Å². The first-order valence-corrected chi connectivity index (χ1v) is 9.50. The van der Waals surface area contributed by atoms with E-state index in [9.17, 15) is 4.79 Å². The monoisotopic (exact) mass is 424 g/mol. The van der Waals surface area contributed by atoms with E-state index in [2.05, 4.69) is 10.5 Å². The van der Waals surface area contributed by atoms with Crippen molar-refractivity contribution in [1.29, 1.82) is 0 Å². The molecule has 3 rings (SSSR count). The minimum Gasteiger partial charge on any atom is -0.493 e. The number of halogens is 1. The summed E-state index contributed by atoms with van der Waals surface area (Å²) in [5, 5.41) is 4.69. The molecule has 0 aliphatic carbocycles. The van der Waals surface area contributed by atoms with Gasteiger partial charge in [0.05, 0.1) is 20.4 Å². The molecule has 1 N–H and O–H groups in total. The molecule has 0 unspecified atom stereocenters. The Labute approximate surface area is 180 Å². The first-order valence-electron chi connectivity index (χ1n) is 9.12. The van der Waals surface area contributed by atoms with Gasteiger partial charge in [0.1, 0.15) is 12.4 Å². The van der Waals surface area contributed by atoms with E-state index in [4.69, 9.17) is 25.8 Å². The molecule has 0 aliphatic rings. The molecule has 0 fully saturated rings. The summed E-state index contributed by atoms with van der Waals surface area (Å²) in [6.07, 6.45) is 1.50. The molecule has 0 bridgehead atoms. The van der Waals surface area contributed by atoms with Gasteiger partial charge in [-0.3, -0.25) is 4.79 Å². The summed E-state index contributed by atoms with van der Waals surface area (Å²) in [5.74, 6) is 1.45. The van der Waals surface area contributed by atoms with Crippen LogP contribution in [0.4, 0.5) is 0 Å². The third kappa shape index (κ3) is 5.52. The summed E-state index contributed by atoms with van der Waals surface area (Å²) in [7, 11) is 3.10. The standard InChI is InChI=1S/C23H21ClN2O4/c1-28-21-5-3-4-18(22(21)29-2)14-25-26-23(27)17-8-12-20(13-9-17)30-15-16-6-10-19(24)11-7-16/h3-14H,15H2,1-2H3,(H,26,27)/b25-14+. The molecule has 0 radical (unpaired) electrons. The first kappa shape index (κ1) is 21.2. The van der Waals surface area contributed by atoms with Gasteiger partial charge in [-0.05, 0) is 54.1 Å². The van der Waals surface area contributed by atoms with Crippen LogP contribution >= 0.6 is 11.6 Å². The van der Waals surface area contributed by atoms with E-state index in [0.29, 0.717) is 40.0 Å². The van der Waals surface area contributed by atoms with Crippen LogP contribution in [0.25, 0.3) is 0 Å². The number of hydrogen-bond acceptors (Lipinski definition) is 5.